The van der Waals surface area contributed by atoms with Gasteiger partial charge in [-0.3, -0.25) is 4.57 Å². The van der Waals surface area contributed by atoms with Crippen molar-refractivity contribution in [2.24, 2.45) is 0 Å². The summed E-state index contributed by atoms with van der Waals surface area (Å²) in [6, 6.07) is 56.5. The quantitative estimate of drug-likeness (QED) is 0.191. The summed E-state index contributed by atoms with van der Waals surface area (Å²) in [5, 5.41) is 7.58. The molecule has 10 rings (SSSR count). The first kappa shape index (κ1) is 28.0. The molecule has 0 amide bonds. The second-order valence-electron chi connectivity index (χ2n) is 12.7. The molecular weight excluding hydrogens is 615 g/mol. The molecule has 0 saturated heterocycles. The number of nitrogens with zero attached hydrogens (tertiary/aromatic N) is 3. The van der Waals surface area contributed by atoms with Gasteiger partial charge in [-0.25, -0.2) is 9.97 Å². The molecule has 0 unspecified atom stereocenters. The number of fused-ring (bicyclic) bond motifs is 8. The van der Waals surface area contributed by atoms with E-state index in [1.807, 2.05) is 17.4 Å². The summed E-state index contributed by atoms with van der Waals surface area (Å²) < 4.78 is 4.87. The molecule has 10 aromatic rings. The van der Waals surface area contributed by atoms with Crippen LogP contribution in [0.2, 0.25) is 0 Å². The van der Waals surface area contributed by atoms with E-state index in [-0.39, 0.29) is 0 Å². The molecule has 3 heterocycles. The van der Waals surface area contributed by atoms with Crippen LogP contribution in [-0.4, -0.2) is 14.5 Å². The molecule has 7 aromatic carbocycles. The van der Waals surface area contributed by atoms with E-state index >= 15 is 0 Å². The smallest absolute Gasteiger partial charge is 0.235 e. The fourth-order valence-electron chi connectivity index (χ4n) is 7.34. The Bertz CT molecular complexity index is 2880. The van der Waals surface area contributed by atoms with E-state index in [1.165, 1.54) is 52.8 Å². The molecule has 0 aliphatic heterocycles. The van der Waals surface area contributed by atoms with E-state index in [0.29, 0.717) is 5.95 Å². The SMILES string of the molecule is Cc1ccc(-c2cc(-c3ccccc3)nc(-n3c4ccccc4c4cccc(-c5ccc6c(c5)sc5ccc7ccccc7c56)c43)n2)cc1. The summed E-state index contributed by atoms with van der Waals surface area (Å²) in [6.07, 6.45) is 0. The zero-order valence-corrected chi connectivity index (χ0v) is 27.6. The highest BCUT2D eigenvalue weighted by atomic mass is 32.1. The van der Waals surface area contributed by atoms with Gasteiger partial charge in [-0.1, -0.05) is 139 Å². The van der Waals surface area contributed by atoms with E-state index < -0.39 is 0 Å². The number of para-hydroxylation sites is 2. The fourth-order valence-corrected chi connectivity index (χ4v) is 8.50. The lowest BCUT2D eigenvalue weighted by Crippen LogP contribution is -2.04. The standard InChI is InChI=1S/C45H29N3S/c1-28-18-20-31(21-19-28)39-27-38(30-11-3-2-4-12-30)46-45(47-39)48-40-17-8-7-14-35(40)36-16-9-15-34(44(36)48)32-22-24-37-42(26-32)49-41-25-23-29-10-5-6-13-33(29)43(37)41/h2-27H,1H3. The molecule has 49 heavy (non-hydrogen) atoms. The maximum atomic E-state index is 5.30. The number of benzene rings is 7. The van der Waals surface area contributed by atoms with Gasteiger partial charge in [0.15, 0.2) is 0 Å². The molecule has 0 aliphatic rings. The minimum atomic E-state index is 0.657. The molecule has 0 saturated carbocycles. The Morgan fingerprint density at radius 1 is 0.490 bits per heavy atom. The van der Waals surface area contributed by atoms with E-state index in [4.69, 9.17) is 9.97 Å². The Morgan fingerprint density at radius 2 is 1.18 bits per heavy atom. The van der Waals surface area contributed by atoms with Gasteiger partial charge in [0, 0.05) is 47.6 Å². The topological polar surface area (TPSA) is 30.7 Å². The normalized spacial score (nSPS) is 11.8. The van der Waals surface area contributed by atoms with Gasteiger partial charge in [-0.15, -0.1) is 11.3 Å². The Balaban J connectivity index is 1.25. The predicted molar refractivity (Wildman–Crippen MR) is 208 cm³/mol. The number of aryl methyl sites for hydroxylation is 1. The number of rotatable bonds is 4. The zero-order chi connectivity index (χ0) is 32.5. The molecule has 4 heteroatoms. The third kappa shape index (κ3) is 4.49. The summed E-state index contributed by atoms with van der Waals surface area (Å²) in [5.41, 5.74) is 9.65. The average molecular weight is 644 g/mol. The van der Waals surface area contributed by atoms with Crippen molar-refractivity contribution in [3.8, 4) is 39.6 Å². The molecule has 230 valence electrons. The average Bonchev–Trinajstić information content (AvgIpc) is 3.71. The highest BCUT2D eigenvalue weighted by molar-refractivity contribution is 7.26. The van der Waals surface area contributed by atoms with Crippen molar-refractivity contribution in [1.29, 1.82) is 0 Å². The van der Waals surface area contributed by atoms with Crippen molar-refractivity contribution < 1.29 is 0 Å². The van der Waals surface area contributed by atoms with Crippen molar-refractivity contribution in [2.75, 3.05) is 0 Å². The van der Waals surface area contributed by atoms with E-state index in [9.17, 15) is 0 Å². The van der Waals surface area contributed by atoms with Crippen LogP contribution in [0, 0.1) is 6.92 Å². The van der Waals surface area contributed by atoms with Crippen LogP contribution in [0.5, 0.6) is 0 Å². The Labute approximate surface area is 287 Å². The van der Waals surface area contributed by atoms with Crippen molar-refractivity contribution >= 4 is 64.1 Å². The minimum Gasteiger partial charge on any atom is -0.277 e. The minimum absolute atomic E-state index is 0.657. The Kier molecular flexibility index (Phi) is 6.27. The van der Waals surface area contributed by atoms with Crippen molar-refractivity contribution in [1.82, 2.24) is 14.5 Å². The molecule has 0 N–H and O–H groups in total. The van der Waals surface area contributed by atoms with E-state index in [2.05, 4.69) is 163 Å². The molecule has 0 fully saturated rings. The first-order chi connectivity index (χ1) is 24.2. The molecule has 0 bridgehead atoms. The first-order valence-electron chi connectivity index (χ1n) is 16.6. The van der Waals surface area contributed by atoms with Gasteiger partial charge in [0.1, 0.15) is 0 Å². The monoisotopic (exact) mass is 643 g/mol. The zero-order valence-electron chi connectivity index (χ0n) is 26.8. The fraction of sp³-hybridized carbons (Fsp3) is 0.0222. The van der Waals surface area contributed by atoms with Gasteiger partial charge >= 0.3 is 0 Å². The van der Waals surface area contributed by atoms with Gasteiger partial charge in [-0.2, -0.15) is 0 Å². The summed E-state index contributed by atoms with van der Waals surface area (Å²) in [6.45, 7) is 2.11. The molecule has 3 aromatic heterocycles. The van der Waals surface area contributed by atoms with Crippen LogP contribution >= 0.6 is 11.3 Å². The first-order valence-corrected chi connectivity index (χ1v) is 17.4. The highest BCUT2D eigenvalue weighted by Crippen LogP contribution is 2.43. The molecular formula is C45H29N3S. The van der Waals surface area contributed by atoms with E-state index in [1.54, 1.807) is 0 Å². The second-order valence-corrected chi connectivity index (χ2v) is 13.8. The molecule has 0 spiro atoms. The second kappa shape index (κ2) is 11.0. The van der Waals surface area contributed by atoms with Gasteiger partial charge in [0.2, 0.25) is 5.95 Å². The lowest BCUT2D eigenvalue weighted by Gasteiger charge is -2.14. The van der Waals surface area contributed by atoms with Crippen LogP contribution in [0.3, 0.4) is 0 Å². The summed E-state index contributed by atoms with van der Waals surface area (Å²) in [7, 11) is 0. The lowest BCUT2D eigenvalue weighted by atomic mass is 9.99. The third-order valence-corrected chi connectivity index (χ3v) is 10.8. The molecule has 0 atom stereocenters. The van der Waals surface area contributed by atoms with Crippen LogP contribution < -0.4 is 0 Å². The predicted octanol–water partition coefficient (Wildman–Crippen LogP) is 12.4. The van der Waals surface area contributed by atoms with E-state index in [0.717, 1.165) is 39.1 Å². The van der Waals surface area contributed by atoms with Gasteiger partial charge in [-0.05, 0) is 47.5 Å². The Morgan fingerprint density at radius 3 is 2.02 bits per heavy atom. The lowest BCUT2D eigenvalue weighted by molar-refractivity contribution is 0.996. The van der Waals surface area contributed by atoms with Crippen LogP contribution in [-0.2, 0) is 0 Å². The van der Waals surface area contributed by atoms with Crippen LogP contribution in [0.4, 0.5) is 0 Å². The third-order valence-electron chi connectivity index (χ3n) is 9.70. The molecule has 0 radical (unpaired) electrons. The summed E-state index contributed by atoms with van der Waals surface area (Å²) >= 11 is 1.86. The highest BCUT2D eigenvalue weighted by Gasteiger charge is 2.20. The van der Waals surface area contributed by atoms with Gasteiger partial charge in [0.05, 0.1) is 22.4 Å². The van der Waals surface area contributed by atoms with Crippen molar-refractivity contribution in [3.63, 3.8) is 0 Å². The van der Waals surface area contributed by atoms with Crippen molar-refractivity contribution in [2.45, 2.75) is 6.92 Å². The number of hydrogen-bond donors (Lipinski definition) is 0. The number of aromatic nitrogens is 3. The molecule has 0 aliphatic carbocycles. The largest absolute Gasteiger partial charge is 0.277 e. The number of thiophene rings is 1. The van der Waals surface area contributed by atoms with Crippen molar-refractivity contribution in [3.05, 3.63) is 163 Å². The van der Waals surface area contributed by atoms with Gasteiger partial charge in [0.25, 0.3) is 0 Å². The molecule has 3 nitrogen and oxygen atoms in total. The maximum absolute atomic E-state index is 5.30. The van der Waals surface area contributed by atoms with Crippen LogP contribution in [0.1, 0.15) is 5.56 Å². The maximum Gasteiger partial charge on any atom is 0.235 e. The summed E-state index contributed by atoms with van der Waals surface area (Å²) in [5.74, 6) is 0.657. The van der Waals surface area contributed by atoms with Crippen LogP contribution in [0.15, 0.2) is 158 Å². The van der Waals surface area contributed by atoms with Gasteiger partial charge < -0.3 is 0 Å². The Hall–Kier alpha value is -6.10. The van der Waals surface area contributed by atoms with Crippen LogP contribution in [0.25, 0.3) is 92.3 Å². The summed E-state index contributed by atoms with van der Waals surface area (Å²) in [4.78, 5) is 10.6. The number of hydrogen-bond acceptors (Lipinski definition) is 3.